The van der Waals surface area contributed by atoms with Crippen LogP contribution in [0.4, 0.5) is 0 Å². The van der Waals surface area contributed by atoms with Crippen LogP contribution in [0.15, 0.2) is 121 Å². The smallest absolute Gasteiger partial charge is 0.496 e. The Labute approximate surface area is 419 Å². The van der Waals surface area contributed by atoms with Gasteiger partial charge < -0.3 is 55.7 Å². The highest BCUT2D eigenvalue weighted by Gasteiger charge is 2.70. The molecule has 0 saturated heterocycles. The van der Waals surface area contributed by atoms with E-state index in [2.05, 4.69) is 121 Å². The van der Waals surface area contributed by atoms with Crippen LogP contribution >= 0.6 is 15.8 Å². The van der Waals surface area contributed by atoms with E-state index in [1.807, 2.05) is 38.3 Å². The minimum absolute atomic E-state index is 0.508. The van der Waals surface area contributed by atoms with Gasteiger partial charge in [0, 0.05) is 35.5 Å². The van der Waals surface area contributed by atoms with Gasteiger partial charge in [-0.1, -0.05) is 147 Å². The van der Waals surface area contributed by atoms with Crippen LogP contribution in [0, 0.1) is 24.1 Å². The van der Waals surface area contributed by atoms with Crippen molar-refractivity contribution >= 4 is 108 Å². The lowest BCUT2D eigenvalue weighted by molar-refractivity contribution is -0.0230. The Hall–Kier alpha value is -1.80. The molecule has 68 heavy (non-hydrogen) atoms. The van der Waals surface area contributed by atoms with Crippen molar-refractivity contribution in [2.75, 3.05) is 47.9 Å². The summed E-state index contributed by atoms with van der Waals surface area (Å²) in [5.41, 5.74) is 0. The van der Waals surface area contributed by atoms with E-state index in [1.165, 1.54) is 56.8 Å². The first kappa shape index (κ1) is 58.8. The second kappa shape index (κ2) is 29.0. The standard InChI is InChI=1S/C45H68O13P2Si8/c1-47-65(46,56-67(51-5,52-61-6)54-63(8,9)40-28-16-26-38-59(42-30-18-12-19-31-42)43-32-20-13-21-33-43)57-68(53-62-7,58-66(48-2,49-3)50-4)55-64(10,11)41-29-17-27-39-60(44-34-22-14-23-35-44)45-36-24-15-25-37-45/h6-7,12-15,18-25,30-37,40-41,46H,16-17,26-29,38-39H2,1-5,8-11H3/t65-,67?,68?/m0/s1. The van der Waals surface area contributed by atoms with Gasteiger partial charge in [-0.3, -0.25) is 0 Å². The first-order chi connectivity index (χ1) is 32.6. The van der Waals surface area contributed by atoms with Gasteiger partial charge in [0.05, 0.1) is 0 Å². The van der Waals surface area contributed by atoms with Gasteiger partial charge in [0.25, 0.3) is 0 Å². The van der Waals surface area contributed by atoms with Gasteiger partial charge in [0.1, 0.15) is 0 Å². The van der Waals surface area contributed by atoms with E-state index in [0.29, 0.717) is 0 Å². The monoisotopic (exact) mass is 1100 g/mol. The van der Waals surface area contributed by atoms with Crippen molar-refractivity contribution in [2.24, 2.45) is 0 Å². The SMILES string of the molecule is C#[Si]O[Si](OC)(O[Si](C)(C)[CH]CCCCP(c1ccccc1)c1ccccc1)O[Si@](O)(OC)O[Si](O[Si]#C)(O[Si](C)(C)[CH]CCCCP(c1ccccc1)c1ccccc1)O[Si](OC)(OC)OC. The first-order valence-corrected chi connectivity index (χ1v) is 39.9. The van der Waals surface area contributed by atoms with Gasteiger partial charge in [0.15, 0.2) is 16.6 Å². The van der Waals surface area contributed by atoms with Gasteiger partial charge >= 0.3 is 36.2 Å². The molecule has 0 saturated carbocycles. The topological polar surface area (TPSA) is 131 Å². The maximum absolute atomic E-state index is 12.3. The number of benzene rings is 4. The third-order valence-electron chi connectivity index (χ3n) is 10.4. The predicted molar refractivity (Wildman–Crippen MR) is 288 cm³/mol. The van der Waals surface area contributed by atoms with Crippen molar-refractivity contribution in [3.8, 4) is 12.0 Å². The van der Waals surface area contributed by atoms with Crippen molar-refractivity contribution in [1.29, 1.82) is 0 Å². The van der Waals surface area contributed by atoms with Crippen LogP contribution in [-0.2, 0) is 50.9 Å². The van der Waals surface area contributed by atoms with Crippen LogP contribution in [-0.4, -0.2) is 124 Å². The number of unbranched alkanes of at least 4 members (excludes halogenated alkanes) is 4. The van der Waals surface area contributed by atoms with E-state index >= 15 is 0 Å². The number of hydrogen-bond donors (Lipinski definition) is 1. The molecule has 0 aromatic heterocycles. The van der Waals surface area contributed by atoms with Crippen LogP contribution in [0.3, 0.4) is 0 Å². The summed E-state index contributed by atoms with van der Waals surface area (Å²) in [7, 11) is -19.7. The van der Waals surface area contributed by atoms with Gasteiger partial charge in [-0.25, -0.2) is 0 Å². The Morgan fingerprint density at radius 2 is 0.765 bits per heavy atom. The van der Waals surface area contributed by atoms with E-state index in [0.717, 1.165) is 50.8 Å². The predicted octanol–water partition coefficient (Wildman–Crippen LogP) is 6.99. The van der Waals surface area contributed by atoms with Crippen LogP contribution < -0.4 is 21.2 Å². The van der Waals surface area contributed by atoms with Crippen molar-refractivity contribution < 1.29 is 55.7 Å². The molecule has 2 radical (unpaired) electrons. The molecule has 2 unspecified atom stereocenters. The fraction of sp³-hybridized carbons (Fsp3) is 0.378. The lowest BCUT2D eigenvalue weighted by Gasteiger charge is -2.41. The van der Waals surface area contributed by atoms with Crippen molar-refractivity contribution in [2.45, 2.75) is 64.7 Å². The zero-order valence-electron chi connectivity index (χ0n) is 40.8. The highest BCUT2D eigenvalue weighted by atomic mass is 31.1. The lowest BCUT2D eigenvalue weighted by atomic mass is 10.3. The lowest BCUT2D eigenvalue weighted by Crippen LogP contribution is -2.71. The third-order valence-corrected chi connectivity index (χ3v) is 35.9. The molecule has 0 amide bonds. The summed E-state index contributed by atoms with van der Waals surface area (Å²) in [4.78, 5) is 12.3. The third kappa shape index (κ3) is 18.7. The Morgan fingerprint density at radius 3 is 1.09 bits per heavy atom. The van der Waals surface area contributed by atoms with Crippen LogP contribution in [0.1, 0.15) is 38.5 Å². The highest BCUT2D eigenvalue weighted by Crippen LogP contribution is 2.37. The summed E-state index contributed by atoms with van der Waals surface area (Å²) in [6.07, 6.45) is 7.39. The van der Waals surface area contributed by atoms with Crippen molar-refractivity contribution in [1.82, 2.24) is 0 Å². The molecular weight excluding hydrogens is 1040 g/mol. The van der Waals surface area contributed by atoms with E-state index < -0.39 is 87.1 Å². The summed E-state index contributed by atoms with van der Waals surface area (Å²) in [6, 6.07) is 59.1. The molecule has 4 rings (SSSR count). The van der Waals surface area contributed by atoms with Gasteiger partial charge in [-0.2, -0.15) is 0 Å². The van der Waals surface area contributed by atoms with Crippen molar-refractivity contribution in [3.05, 3.63) is 133 Å². The minimum atomic E-state index is -5.02. The minimum Gasteiger partial charge on any atom is -0.496 e. The molecule has 3 atom stereocenters. The Kier molecular flexibility index (Phi) is 25.1. The number of hydrogen-bond acceptors (Lipinski definition) is 13. The largest absolute Gasteiger partial charge is 0.727 e. The molecule has 368 valence electrons. The van der Waals surface area contributed by atoms with Gasteiger partial charge in [-0.05, 0) is 101 Å². The molecular formula is C45H68O13P2Si8. The summed E-state index contributed by atoms with van der Waals surface area (Å²) in [5.74, 6) is 0. The molecule has 0 aliphatic heterocycles. The summed E-state index contributed by atoms with van der Waals surface area (Å²) in [5, 5.41) is 5.39. The van der Waals surface area contributed by atoms with E-state index in [9.17, 15) is 4.80 Å². The van der Waals surface area contributed by atoms with Crippen LogP contribution in [0.25, 0.3) is 0 Å². The second-order valence-electron chi connectivity index (χ2n) is 16.2. The van der Waals surface area contributed by atoms with Crippen LogP contribution in [0.2, 0.25) is 26.2 Å². The average molecular weight is 1100 g/mol. The molecule has 1 N–H and O–H groups in total. The van der Waals surface area contributed by atoms with E-state index in [-0.39, 0.29) is 0 Å². The Morgan fingerprint density at radius 1 is 0.441 bits per heavy atom. The fourth-order valence-corrected chi connectivity index (χ4v) is 33.1. The zero-order valence-corrected chi connectivity index (χ0v) is 50.5. The molecule has 23 heteroatoms. The molecule has 4 aromatic rings. The molecule has 0 fully saturated rings. The highest BCUT2D eigenvalue weighted by molar-refractivity contribution is 7.73. The Bertz CT molecular complexity index is 2040. The average Bonchev–Trinajstić information content (AvgIpc) is 3.34. The normalized spacial score (nSPS) is 14.9. The summed E-state index contributed by atoms with van der Waals surface area (Å²) >= 11 is 0. The zero-order chi connectivity index (χ0) is 49.6. The first-order valence-electron chi connectivity index (χ1n) is 22.3. The molecule has 4 aromatic carbocycles. The molecule has 13 nitrogen and oxygen atoms in total. The fourth-order valence-electron chi connectivity index (χ4n) is 7.11. The molecule has 0 spiro atoms. The molecule has 0 aliphatic carbocycles. The molecule has 0 bridgehead atoms. The maximum atomic E-state index is 12.3. The van der Waals surface area contributed by atoms with Gasteiger partial charge in [-0.15, -0.1) is 12.0 Å². The summed E-state index contributed by atoms with van der Waals surface area (Å²) in [6.45, 7) is 7.89. The van der Waals surface area contributed by atoms with E-state index in [4.69, 9.17) is 62.9 Å². The van der Waals surface area contributed by atoms with Crippen molar-refractivity contribution in [3.63, 3.8) is 0 Å². The van der Waals surface area contributed by atoms with Crippen LogP contribution in [0.5, 0.6) is 0 Å². The Balaban J connectivity index is 1.49. The summed E-state index contributed by atoms with van der Waals surface area (Å²) < 4.78 is 73.3. The van der Waals surface area contributed by atoms with Gasteiger partial charge in [0.2, 0.25) is 18.4 Å². The maximum Gasteiger partial charge on any atom is 0.727 e. The second-order valence-corrected chi connectivity index (χ2v) is 40.4. The van der Waals surface area contributed by atoms with E-state index in [1.54, 1.807) is 0 Å². The molecule has 0 aliphatic rings. The quantitative estimate of drug-likeness (QED) is 0.0299. The number of rotatable bonds is 33. The molecule has 0 heterocycles.